The highest BCUT2D eigenvalue weighted by molar-refractivity contribution is 9.10. The summed E-state index contributed by atoms with van der Waals surface area (Å²) in [6, 6.07) is 7.20. The zero-order valence-corrected chi connectivity index (χ0v) is 11.0. The van der Waals surface area contributed by atoms with Gasteiger partial charge in [0.1, 0.15) is 0 Å². The van der Waals surface area contributed by atoms with E-state index in [2.05, 4.69) is 15.9 Å². The van der Waals surface area contributed by atoms with Gasteiger partial charge in [-0.15, -0.1) is 0 Å². The van der Waals surface area contributed by atoms with Crippen LogP contribution < -0.4 is 0 Å². The van der Waals surface area contributed by atoms with Crippen molar-refractivity contribution in [3.8, 4) is 0 Å². The number of carbonyl (C=O) groups is 1. The first-order chi connectivity index (χ1) is 7.63. The summed E-state index contributed by atoms with van der Waals surface area (Å²) in [5.41, 5.74) is 0.653. The summed E-state index contributed by atoms with van der Waals surface area (Å²) in [4.78, 5) is 11.7. The van der Waals surface area contributed by atoms with Crippen LogP contribution in [0.25, 0.3) is 0 Å². The molecular formula is C11H13BrO3S. The lowest BCUT2D eigenvalue weighted by molar-refractivity contribution is 0.102. The fourth-order valence-corrected chi connectivity index (χ4v) is 2.33. The van der Waals surface area contributed by atoms with Crippen LogP contribution in [-0.2, 0) is 0 Å². The minimum Gasteiger partial charge on any atom is -0.394 e. The average molecular weight is 305 g/mol. The lowest BCUT2D eigenvalue weighted by Crippen LogP contribution is -2.16. The molecule has 0 aromatic heterocycles. The van der Waals surface area contributed by atoms with Crippen LogP contribution in [-0.4, -0.2) is 40.2 Å². The van der Waals surface area contributed by atoms with Crippen LogP contribution >= 0.6 is 27.7 Å². The molecule has 88 valence electrons. The monoisotopic (exact) mass is 304 g/mol. The first-order valence-electron chi connectivity index (χ1n) is 4.79. The van der Waals surface area contributed by atoms with E-state index in [-0.39, 0.29) is 12.4 Å². The predicted molar refractivity (Wildman–Crippen MR) is 68.9 cm³/mol. The van der Waals surface area contributed by atoms with E-state index in [1.54, 1.807) is 12.1 Å². The van der Waals surface area contributed by atoms with Gasteiger partial charge in [-0.3, -0.25) is 4.79 Å². The lowest BCUT2D eigenvalue weighted by atomic mass is 10.2. The van der Waals surface area contributed by atoms with Crippen LogP contribution in [0.15, 0.2) is 28.7 Å². The fourth-order valence-electron chi connectivity index (χ4n) is 1.09. The van der Waals surface area contributed by atoms with E-state index in [1.807, 2.05) is 12.1 Å². The van der Waals surface area contributed by atoms with E-state index in [0.717, 1.165) is 4.47 Å². The van der Waals surface area contributed by atoms with Gasteiger partial charge in [0.15, 0.2) is 5.78 Å². The molecule has 1 rings (SSSR count). The van der Waals surface area contributed by atoms with Gasteiger partial charge in [-0.25, -0.2) is 0 Å². The van der Waals surface area contributed by atoms with Crippen molar-refractivity contribution in [3.05, 3.63) is 34.3 Å². The largest absolute Gasteiger partial charge is 0.394 e. The van der Waals surface area contributed by atoms with Crippen molar-refractivity contribution < 1.29 is 15.0 Å². The lowest BCUT2D eigenvalue weighted by Gasteiger charge is -2.06. The molecular weight excluding hydrogens is 292 g/mol. The molecule has 0 aliphatic heterocycles. The number of hydrogen-bond acceptors (Lipinski definition) is 4. The minimum atomic E-state index is -0.750. The zero-order valence-electron chi connectivity index (χ0n) is 8.60. The molecule has 3 nitrogen and oxygen atoms in total. The number of aliphatic hydroxyl groups excluding tert-OH is 2. The Morgan fingerprint density at radius 3 is 2.88 bits per heavy atom. The molecule has 1 aromatic rings. The number of carbonyl (C=O) groups excluding carboxylic acids is 1. The highest BCUT2D eigenvalue weighted by Crippen LogP contribution is 2.14. The Hall–Kier alpha value is -0.360. The Bertz CT molecular complexity index is 357. The van der Waals surface area contributed by atoms with E-state index in [1.165, 1.54) is 11.8 Å². The van der Waals surface area contributed by atoms with Crippen molar-refractivity contribution >= 4 is 33.5 Å². The van der Waals surface area contributed by atoms with Crippen molar-refractivity contribution in [2.45, 2.75) is 6.10 Å². The summed E-state index contributed by atoms with van der Waals surface area (Å²) >= 11 is 4.62. The van der Waals surface area contributed by atoms with Crippen LogP contribution in [0.3, 0.4) is 0 Å². The molecule has 5 heteroatoms. The molecule has 0 aliphatic rings. The Kier molecular flexibility index (Phi) is 6.05. The second kappa shape index (κ2) is 7.06. The van der Waals surface area contributed by atoms with Gasteiger partial charge in [-0.05, 0) is 12.1 Å². The Morgan fingerprint density at radius 1 is 1.50 bits per heavy atom. The molecule has 16 heavy (non-hydrogen) atoms. The van der Waals surface area contributed by atoms with Crippen molar-refractivity contribution in [3.63, 3.8) is 0 Å². The normalized spacial score (nSPS) is 12.4. The maximum absolute atomic E-state index is 11.7. The van der Waals surface area contributed by atoms with Gasteiger partial charge in [-0.1, -0.05) is 28.1 Å². The number of halogens is 1. The molecule has 0 heterocycles. The van der Waals surface area contributed by atoms with Crippen molar-refractivity contribution in [2.75, 3.05) is 18.1 Å². The summed E-state index contributed by atoms with van der Waals surface area (Å²) in [5.74, 6) is 0.709. The molecule has 1 unspecified atom stereocenters. The van der Waals surface area contributed by atoms with Crippen LogP contribution in [0.2, 0.25) is 0 Å². The van der Waals surface area contributed by atoms with E-state index in [0.29, 0.717) is 17.1 Å². The first-order valence-corrected chi connectivity index (χ1v) is 6.73. The number of aliphatic hydroxyl groups is 2. The molecule has 1 atom stereocenters. The predicted octanol–water partition coefficient (Wildman–Crippen LogP) is 1.72. The summed E-state index contributed by atoms with van der Waals surface area (Å²) in [6.45, 7) is -0.266. The third kappa shape index (κ3) is 4.65. The van der Waals surface area contributed by atoms with Gasteiger partial charge in [0.05, 0.1) is 18.5 Å². The zero-order chi connectivity index (χ0) is 12.0. The molecule has 0 saturated carbocycles. The highest BCUT2D eigenvalue weighted by atomic mass is 79.9. The first kappa shape index (κ1) is 13.7. The van der Waals surface area contributed by atoms with Gasteiger partial charge >= 0.3 is 0 Å². The third-order valence-corrected chi connectivity index (χ3v) is 3.48. The van der Waals surface area contributed by atoms with Crippen molar-refractivity contribution in [1.82, 2.24) is 0 Å². The summed E-state index contributed by atoms with van der Waals surface area (Å²) in [7, 11) is 0. The van der Waals surface area contributed by atoms with Gasteiger partial charge in [0.25, 0.3) is 0 Å². The maximum atomic E-state index is 11.7. The maximum Gasteiger partial charge on any atom is 0.172 e. The van der Waals surface area contributed by atoms with Crippen LogP contribution in [0.4, 0.5) is 0 Å². The van der Waals surface area contributed by atoms with E-state index < -0.39 is 6.10 Å². The number of ketones is 1. The van der Waals surface area contributed by atoms with Crippen molar-refractivity contribution in [2.24, 2.45) is 0 Å². The SMILES string of the molecule is O=C(CSCC(O)CO)c1cccc(Br)c1. The molecule has 0 aliphatic carbocycles. The molecule has 0 fully saturated rings. The fraction of sp³-hybridized carbons (Fsp3) is 0.364. The van der Waals surface area contributed by atoms with Gasteiger partial charge < -0.3 is 10.2 Å². The molecule has 0 radical (unpaired) electrons. The highest BCUT2D eigenvalue weighted by Gasteiger charge is 2.08. The van der Waals surface area contributed by atoms with Crippen molar-refractivity contribution in [1.29, 1.82) is 0 Å². The van der Waals surface area contributed by atoms with Crippen LogP contribution in [0.5, 0.6) is 0 Å². The molecule has 2 N–H and O–H groups in total. The van der Waals surface area contributed by atoms with E-state index in [9.17, 15) is 4.79 Å². The summed E-state index contributed by atoms with van der Waals surface area (Å²) in [5, 5.41) is 17.7. The summed E-state index contributed by atoms with van der Waals surface area (Å²) < 4.78 is 0.874. The van der Waals surface area contributed by atoms with Gasteiger partial charge in [0, 0.05) is 15.8 Å². The quantitative estimate of drug-likeness (QED) is 0.786. The second-order valence-electron chi connectivity index (χ2n) is 3.29. The smallest absolute Gasteiger partial charge is 0.172 e. The number of thioether (sulfide) groups is 1. The topological polar surface area (TPSA) is 57.5 Å². The van der Waals surface area contributed by atoms with E-state index >= 15 is 0 Å². The number of rotatable bonds is 6. The minimum absolute atomic E-state index is 0.0245. The standard InChI is InChI=1S/C11H13BrO3S/c12-9-3-1-2-8(4-9)11(15)7-16-6-10(14)5-13/h1-4,10,13-14H,5-7H2. The number of hydrogen-bond donors (Lipinski definition) is 2. The molecule has 0 amide bonds. The molecule has 1 aromatic carbocycles. The molecule has 0 saturated heterocycles. The van der Waals surface area contributed by atoms with Crippen LogP contribution in [0.1, 0.15) is 10.4 Å². The Balaban J connectivity index is 2.41. The molecule has 0 spiro atoms. The second-order valence-corrected chi connectivity index (χ2v) is 5.23. The Morgan fingerprint density at radius 2 is 2.25 bits per heavy atom. The molecule has 0 bridgehead atoms. The number of benzene rings is 1. The Labute approximate surface area is 107 Å². The van der Waals surface area contributed by atoms with Gasteiger partial charge in [0.2, 0.25) is 0 Å². The van der Waals surface area contributed by atoms with Crippen LogP contribution in [0, 0.1) is 0 Å². The summed E-state index contributed by atoms with van der Waals surface area (Å²) in [6.07, 6.45) is -0.750. The average Bonchev–Trinajstić information content (AvgIpc) is 2.28. The van der Waals surface area contributed by atoms with E-state index in [4.69, 9.17) is 10.2 Å². The third-order valence-electron chi connectivity index (χ3n) is 1.90. The number of Topliss-reactive ketones (excluding diaryl/α,β-unsaturated/α-hetero) is 1. The van der Waals surface area contributed by atoms with Gasteiger partial charge in [-0.2, -0.15) is 11.8 Å².